The van der Waals surface area contributed by atoms with Gasteiger partial charge in [0.1, 0.15) is 0 Å². The Balaban J connectivity index is 1.32. The summed E-state index contributed by atoms with van der Waals surface area (Å²) in [5, 5.41) is 3.75. The van der Waals surface area contributed by atoms with Gasteiger partial charge in [-0.05, 0) is 37.3 Å². The molecule has 0 aliphatic carbocycles. The highest BCUT2D eigenvalue weighted by Crippen LogP contribution is 2.26. The third kappa shape index (κ3) is 4.81. The molecule has 0 aromatic heterocycles. The van der Waals surface area contributed by atoms with Crippen LogP contribution in [-0.2, 0) is 0 Å². The molecule has 23 heavy (non-hydrogen) atoms. The normalized spacial score (nSPS) is 23.9. The van der Waals surface area contributed by atoms with Crippen molar-refractivity contribution in [3.63, 3.8) is 0 Å². The second-order valence-electron chi connectivity index (χ2n) is 6.91. The number of hydrogen-bond donors (Lipinski definition) is 1. The second-order valence-corrected chi connectivity index (χ2v) is 6.91. The van der Waals surface area contributed by atoms with Crippen molar-refractivity contribution in [3.8, 4) is 12.3 Å². The van der Waals surface area contributed by atoms with Crippen LogP contribution in [0.2, 0.25) is 0 Å². The Morgan fingerprint density at radius 2 is 1.78 bits per heavy atom. The van der Waals surface area contributed by atoms with Gasteiger partial charge in [0, 0.05) is 38.8 Å². The first-order valence-corrected chi connectivity index (χ1v) is 9.01. The lowest BCUT2D eigenvalue weighted by Gasteiger charge is -2.31. The maximum atomic E-state index is 5.38. The average Bonchev–Trinajstić information content (AvgIpc) is 3.06. The molecule has 2 saturated heterocycles. The summed E-state index contributed by atoms with van der Waals surface area (Å²) in [6, 6.07) is 11.6. The van der Waals surface area contributed by atoms with E-state index in [1.807, 2.05) is 0 Å². The molecular weight excluding hydrogens is 282 g/mol. The third-order valence-electron chi connectivity index (χ3n) is 5.31. The summed E-state index contributed by atoms with van der Waals surface area (Å²) in [6.45, 7) is 7.83. The van der Waals surface area contributed by atoms with E-state index in [1.54, 1.807) is 0 Å². The molecule has 2 aliphatic heterocycles. The molecule has 3 heteroatoms. The van der Waals surface area contributed by atoms with Gasteiger partial charge in [-0.3, -0.25) is 4.90 Å². The highest BCUT2D eigenvalue weighted by molar-refractivity contribution is 5.20. The average molecular weight is 311 g/mol. The van der Waals surface area contributed by atoms with Crippen molar-refractivity contribution in [1.82, 2.24) is 15.1 Å². The molecule has 124 valence electrons. The monoisotopic (exact) mass is 311 g/mol. The van der Waals surface area contributed by atoms with E-state index in [0.717, 1.165) is 32.1 Å². The lowest BCUT2D eigenvalue weighted by molar-refractivity contribution is 0.213. The van der Waals surface area contributed by atoms with Crippen molar-refractivity contribution in [3.05, 3.63) is 35.9 Å². The van der Waals surface area contributed by atoms with Crippen molar-refractivity contribution in [1.29, 1.82) is 0 Å². The van der Waals surface area contributed by atoms with E-state index in [1.165, 1.54) is 44.5 Å². The zero-order valence-corrected chi connectivity index (χ0v) is 14.1. The zero-order chi connectivity index (χ0) is 15.9. The maximum Gasteiger partial charge on any atom is 0.0598 e. The van der Waals surface area contributed by atoms with E-state index >= 15 is 0 Å². The first-order valence-electron chi connectivity index (χ1n) is 9.01. The highest BCUT2D eigenvalue weighted by Gasteiger charge is 2.23. The van der Waals surface area contributed by atoms with Gasteiger partial charge in [0.25, 0.3) is 0 Å². The molecule has 0 radical (unpaired) electrons. The maximum absolute atomic E-state index is 5.38. The smallest absolute Gasteiger partial charge is 0.0598 e. The first-order chi connectivity index (χ1) is 11.3. The van der Waals surface area contributed by atoms with Crippen LogP contribution in [0.5, 0.6) is 0 Å². The van der Waals surface area contributed by atoms with Gasteiger partial charge < -0.3 is 10.2 Å². The van der Waals surface area contributed by atoms with Gasteiger partial charge in [-0.1, -0.05) is 36.3 Å². The SMILES string of the molecule is C#CCN1CCC(NCCN2CC[C@H](c3ccccc3)C2)CC1. The van der Waals surface area contributed by atoms with Gasteiger partial charge in [0.05, 0.1) is 6.54 Å². The molecule has 0 amide bonds. The Kier molecular flexibility index (Phi) is 6.10. The van der Waals surface area contributed by atoms with Crippen LogP contribution in [0.3, 0.4) is 0 Å². The summed E-state index contributed by atoms with van der Waals surface area (Å²) in [4.78, 5) is 4.99. The molecule has 0 saturated carbocycles. The van der Waals surface area contributed by atoms with Gasteiger partial charge in [-0.25, -0.2) is 0 Å². The molecule has 1 aromatic carbocycles. The Bertz CT molecular complexity index is 499. The Hall–Kier alpha value is -1.34. The van der Waals surface area contributed by atoms with Crippen LogP contribution >= 0.6 is 0 Å². The summed E-state index contributed by atoms with van der Waals surface area (Å²) in [6.07, 6.45) is 9.15. The van der Waals surface area contributed by atoms with Crippen LogP contribution in [-0.4, -0.2) is 61.7 Å². The zero-order valence-electron chi connectivity index (χ0n) is 14.1. The van der Waals surface area contributed by atoms with Crippen LogP contribution in [0.25, 0.3) is 0 Å². The minimum absolute atomic E-state index is 0.677. The Morgan fingerprint density at radius 1 is 1.04 bits per heavy atom. The van der Waals surface area contributed by atoms with E-state index in [2.05, 4.69) is 51.4 Å². The first kappa shape index (κ1) is 16.5. The number of benzene rings is 1. The highest BCUT2D eigenvalue weighted by atomic mass is 15.2. The van der Waals surface area contributed by atoms with Crippen molar-refractivity contribution in [2.75, 3.05) is 45.8 Å². The molecule has 0 unspecified atom stereocenters. The van der Waals surface area contributed by atoms with Crippen molar-refractivity contribution >= 4 is 0 Å². The molecule has 2 aliphatic rings. The predicted molar refractivity (Wildman–Crippen MR) is 96.5 cm³/mol. The lowest BCUT2D eigenvalue weighted by atomic mass is 9.99. The molecular formula is C20H29N3. The number of likely N-dealkylation sites (tertiary alicyclic amines) is 2. The molecule has 2 heterocycles. The molecule has 1 atom stereocenters. The third-order valence-corrected chi connectivity index (χ3v) is 5.31. The number of terminal acetylenes is 1. The minimum atomic E-state index is 0.677. The second kappa shape index (κ2) is 8.49. The molecule has 1 N–H and O–H groups in total. The summed E-state index contributed by atoms with van der Waals surface area (Å²) in [5.41, 5.74) is 1.50. The minimum Gasteiger partial charge on any atom is -0.313 e. The van der Waals surface area contributed by atoms with Gasteiger partial charge >= 0.3 is 0 Å². The molecule has 0 bridgehead atoms. The van der Waals surface area contributed by atoms with Gasteiger partial charge in [0.2, 0.25) is 0 Å². The van der Waals surface area contributed by atoms with Crippen molar-refractivity contribution in [2.24, 2.45) is 0 Å². The van der Waals surface area contributed by atoms with Crippen LogP contribution in [0.15, 0.2) is 30.3 Å². The summed E-state index contributed by atoms with van der Waals surface area (Å²) in [7, 11) is 0. The summed E-state index contributed by atoms with van der Waals surface area (Å²) < 4.78 is 0. The van der Waals surface area contributed by atoms with Gasteiger partial charge in [-0.15, -0.1) is 6.42 Å². The molecule has 2 fully saturated rings. The Morgan fingerprint density at radius 3 is 2.52 bits per heavy atom. The van der Waals surface area contributed by atoms with Crippen LogP contribution < -0.4 is 5.32 Å². The lowest BCUT2D eigenvalue weighted by Crippen LogP contribution is -2.44. The van der Waals surface area contributed by atoms with E-state index in [-0.39, 0.29) is 0 Å². The summed E-state index contributed by atoms with van der Waals surface area (Å²) >= 11 is 0. The largest absolute Gasteiger partial charge is 0.313 e. The van der Waals surface area contributed by atoms with Crippen LogP contribution in [0.4, 0.5) is 0 Å². The molecule has 3 rings (SSSR count). The van der Waals surface area contributed by atoms with Crippen molar-refractivity contribution < 1.29 is 0 Å². The fraction of sp³-hybridized carbons (Fsp3) is 0.600. The van der Waals surface area contributed by atoms with Crippen molar-refractivity contribution in [2.45, 2.75) is 31.2 Å². The molecule has 1 aromatic rings. The number of nitrogens with zero attached hydrogens (tertiary/aromatic N) is 2. The summed E-state index contributed by atoms with van der Waals surface area (Å²) in [5.74, 6) is 3.47. The molecule has 3 nitrogen and oxygen atoms in total. The standard InChI is InChI=1S/C20H29N3/c1-2-12-22-14-9-20(10-15-22)21-11-16-23-13-8-19(17-23)18-6-4-3-5-7-18/h1,3-7,19-21H,8-17H2/t19-/m0/s1. The fourth-order valence-electron chi connectivity index (χ4n) is 3.88. The quantitative estimate of drug-likeness (QED) is 0.812. The number of piperidine rings is 1. The van der Waals surface area contributed by atoms with Gasteiger partial charge in [0.15, 0.2) is 0 Å². The molecule has 0 spiro atoms. The van der Waals surface area contributed by atoms with E-state index in [0.29, 0.717) is 6.04 Å². The number of hydrogen-bond acceptors (Lipinski definition) is 3. The van der Waals surface area contributed by atoms with E-state index in [9.17, 15) is 0 Å². The fourth-order valence-corrected chi connectivity index (χ4v) is 3.88. The number of nitrogens with one attached hydrogen (secondary N) is 1. The Labute approximate surface area is 141 Å². The number of rotatable bonds is 6. The van der Waals surface area contributed by atoms with Crippen LogP contribution in [0.1, 0.15) is 30.7 Å². The topological polar surface area (TPSA) is 18.5 Å². The predicted octanol–water partition coefficient (Wildman–Crippen LogP) is 2.16. The van der Waals surface area contributed by atoms with E-state index in [4.69, 9.17) is 6.42 Å². The van der Waals surface area contributed by atoms with Gasteiger partial charge in [-0.2, -0.15) is 0 Å². The van der Waals surface area contributed by atoms with Crippen LogP contribution in [0, 0.1) is 12.3 Å². The van der Waals surface area contributed by atoms with E-state index < -0.39 is 0 Å².